The zero-order valence-electron chi connectivity index (χ0n) is 24.7. The molecule has 0 aliphatic heterocycles. The molecular formula is C32H26B7BrO. The summed E-state index contributed by atoms with van der Waals surface area (Å²) in [4.78, 5) is 0. The molecular weight excluding hydrogens is 556 g/mol. The van der Waals surface area contributed by atoms with Gasteiger partial charge >= 0.3 is 0 Å². The smallest absolute Gasteiger partial charge is 0.143 e. The van der Waals surface area contributed by atoms with E-state index < -0.39 is 0 Å². The first-order chi connectivity index (χ1) is 19.7. The van der Waals surface area contributed by atoms with Crippen molar-refractivity contribution in [3.8, 4) is 22.3 Å². The fraction of sp³-hybridized carbons (Fsp3) is 0. The summed E-state index contributed by atoms with van der Waals surface area (Å²) in [5.41, 5.74) is 16.2. The Morgan fingerprint density at radius 2 is 0.854 bits per heavy atom. The van der Waals surface area contributed by atoms with Gasteiger partial charge in [0.15, 0.2) is 0 Å². The largest absolute Gasteiger partial charge is 0.457 e. The molecule has 0 N–H and O–H groups in total. The van der Waals surface area contributed by atoms with Crippen LogP contribution < -0.4 is 38.2 Å². The third kappa shape index (κ3) is 3.71. The van der Waals surface area contributed by atoms with E-state index in [4.69, 9.17) is 4.42 Å². The van der Waals surface area contributed by atoms with E-state index in [1.165, 1.54) is 92.8 Å². The minimum Gasteiger partial charge on any atom is -0.457 e. The molecule has 0 amide bonds. The molecule has 0 bridgehead atoms. The Bertz CT molecular complexity index is 2180. The Morgan fingerprint density at radius 1 is 0.415 bits per heavy atom. The summed E-state index contributed by atoms with van der Waals surface area (Å²) in [6, 6.07) is 26.6. The predicted octanol–water partition coefficient (Wildman–Crippen LogP) is -2.20. The molecule has 0 aliphatic carbocycles. The maximum absolute atomic E-state index is 6.85. The van der Waals surface area contributed by atoms with Crippen molar-refractivity contribution in [1.82, 2.24) is 0 Å². The number of furan rings is 1. The van der Waals surface area contributed by atoms with Crippen LogP contribution in [-0.2, 0) is 0 Å². The van der Waals surface area contributed by atoms with E-state index in [1.807, 2.05) is 0 Å². The van der Waals surface area contributed by atoms with Gasteiger partial charge in [0.05, 0.1) is 0 Å². The second-order valence-corrected chi connectivity index (χ2v) is 12.5. The first-order valence-corrected chi connectivity index (χ1v) is 15.1. The number of hydrogen-bond acceptors (Lipinski definition) is 1. The first kappa shape index (κ1) is 26.5. The monoisotopic (exact) mass is 582 g/mol. The summed E-state index contributed by atoms with van der Waals surface area (Å²) in [6.07, 6.45) is 0. The lowest BCUT2D eigenvalue weighted by Gasteiger charge is -2.22. The van der Waals surface area contributed by atoms with Gasteiger partial charge in [0.25, 0.3) is 0 Å². The van der Waals surface area contributed by atoms with Crippen LogP contribution in [0.15, 0.2) is 81.7 Å². The SMILES string of the molecule is Bc1c(B)c(B)c2c(oc3c(B)c(B)c(B)c(-c4c5ccccc5c(-c5ccc(Br)cc5)c5ccccc45)c32)c1B. The van der Waals surface area contributed by atoms with E-state index in [0.717, 1.165) is 15.6 Å². The van der Waals surface area contributed by atoms with Gasteiger partial charge in [-0.3, -0.25) is 0 Å². The fourth-order valence-electron chi connectivity index (χ4n) is 6.94. The Morgan fingerprint density at radius 3 is 1.39 bits per heavy atom. The maximum Gasteiger partial charge on any atom is 0.143 e. The highest BCUT2D eigenvalue weighted by molar-refractivity contribution is 9.10. The van der Waals surface area contributed by atoms with Crippen LogP contribution in [0.5, 0.6) is 0 Å². The Labute approximate surface area is 255 Å². The summed E-state index contributed by atoms with van der Waals surface area (Å²) >= 11 is 3.63. The van der Waals surface area contributed by atoms with Gasteiger partial charge in [-0.05, 0) is 55.9 Å². The average Bonchev–Trinajstić information content (AvgIpc) is 3.39. The summed E-state index contributed by atoms with van der Waals surface area (Å²) in [5, 5.41) is 7.57. The molecule has 188 valence electrons. The van der Waals surface area contributed by atoms with Crippen molar-refractivity contribution < 1.29 is 4.42 Å². The molecule has 0 radical (unpaired) electrons. The Kier molecular flexibility index (Phi) is 6.17. The lowest BCUT2D eigenvalue weighted by Crippen LogP contribution is -2.47. The van der Waals surface area contributed by atoms with E-state index in [2.05, 4.69) is 144 Å². The van der Waals surface area contributed by atoms with Crippen LogP contribution in [-0.4, -0.2) is 54.9 Å². The van der Waals surface area contributed by atoms with Gasteiger partial charge < -0.3 is 4.42 Å². The van der Waals surface area contributed by atoms with Crippen molar-refractivity contribution in [2.75, 3.05) is 0 Å². The van der Waals surface area contributed by atoms with Crippen LogP contribution in [0.25, 0.3) is 65.7 Å². The van der Waals surface area contributed by atoms with Crippen molar-refractivity contribution in [3.63, 3.8) is 0 Å². The van der Waals surface area contributed by atoms with E-state index in [0.29, 0.717) is 0 Å². The van der Waals surface area contributed by atoms with E-state index in [-0.39, 0.29) is 0 Å². The quantitative estimate of drug-likeness (QED) is 0.167. The van der Waals surface area contributed by atoms with Crippen molar-refractivity contribution in [1.29, 1.82) is 0 Å². The predicted molar refractivity (Wildman–Crippen MR) is 205 cm³/mol. The molecule has 0 aliphatic rings. The highest BCUT2D eigenvalue weighted by atomic mass is 79.9. The first-order valence-electron chi connectivity index (χ1n) is 14.3. The second-order valence-electron chi connectivity index (χ2n) is 11.6. The van der Waals surface area contributed by atoms with Crippen LogP contribution in [0.3, 0.4) is 0 Å². The summed E-state index contributed by atoms with van der Waals surface area (Å²) < 4.78 is 7.94. The number of halogens is 1. The van der Waals surface area contributed by atoms with Crippen molar-refractivity contribution in [3.05, 3.63) is 77.3 Å². The van der Waals surface area contributed by atoms with E-state index in [9.17, 15) is 0 Å². The van der Waals surface area contributed by atoms with Gasteiger partial charge in [0.1, 0.15) is 66.1 Å². The Balaban J connectivity index is 1.77. The molecule has 0 spiro atoms. The normalized spacial score (nSPS) is 11.7. The third-order valence-electron chi connectivity index (χ3n) is 9.72. The molecule has 41 heavy (non-hydrogen) atoms. The molecule has 0 saturated carbocycles. The minimum absolute atomic E-state index is 1.01. The van der Waals surface area contributed by atoms with Crippen LogP contribution in [0.4, 0.5) is 0 Å². The lowest BCUT2D eigenvalue weighted by molar-refractivity contribution is 0.675. The molecule has 0 fully saturated rings. The van der Waals surface area contributed by atoms with Gasteiger partial charge in [0, 0.05) is 15.2 Å². The van der Waals surface area contributed by atoms with Crippen molar-refractivity contribution >= 4 is 153 Å². The standard InChI is InChI=1S/C32H26B7BrO/c33-24-21(22-23-25(34)26(35)28(37)30(39)32(23)41-31(22)29(38)27(24)36)20-17-7-3-1-5-15(17)19(13-9-11-14(40)12-10-13)16-6-2-4-8-18(16)20/h1-12H,33-39H2. The van der Waals surface area contributed by atoms with Gasteiger partial charge in [-0.15, -0.1) is 5.46 Å². The highest BCUT2D eigenvalue weighted by Crippen LogP contribution is 2.45. The molecule has 1 aromatic heterocycles. The van der Waals surface area contributed by atoms with Gasteiger partial charge in [0.2, 0.25) is 0 Å². The fourth-order valence-corrected chi connectivity index (χ4v) is 7.20. The van der Waals surface area contributed by atoms with Crippen LogP contribution in [0.1, 0.15) is 0 Å². The van der Waals surface area contributed by atoms with Gasteiger partial charge in [-0.25, -0.2) is 0 Å². The lowest BCUT2D eigenvalue weighted by atomic mass is 9.64. The van der Waals surface area contributed by atoms with Gasteiger partial charge in [-0.2, -0.15) is 0 Å². The highest BCUT2D eigenvalue weighted by Gasteiger charge is 2.25. The topological polar surface area (TPSA) is 13.1 Å². The molecule has 0 unspecified atom stereocenters. The number of hydrogen-bond donors (Lipinski definition) is 0. The van der Waals surface area contributed by atoms with Gasteiger partial charge in [-0.1, -0.05) is 109 Å². The third-order valence-corrected chi connectivity index (χ3v) is 10.2. The molecule has 7 rings (SSSR count). The molecule has 7 aromatic rings. The summed E-state index contributed by atoms with van der Waals surface area (Å²) in [6.45, 7) is 0. The average molecular weight is 582 g/mol. The molecule has 1 heterocycles. The Hall–Kier alpha value is -3.43. The van der Waals surface area contributed by atoms with Crippen molar-refractivity contribution in [2.24, 2.45) is 0 Å². The molecule has 0 saturated heterocycles. The molecule has 0 atom stereocenters. The van der Waals surface area contributed by atoms with Crippen LogP contribution in [0.2, 0.25) is 0 Å². The summed E-state index contributed by atoms with van der Waals surface area (Å²) in [5.74, 6) is 0. The number of rotatable bonds is 2. The van der Waals surface area contributed by atoms with Crippen LogP contribution >= 0.6 is 15.9 Å². The zero-order valence-corrected chi connectivity index (χ0v) is 26.3. The van der Waals surface area contributed by atoms with E-state index in [1.54, 1.807) is 0 Å². The van der Waals surface area contributed by atoms with Crippen molar-refractivity contribution in [2.45, 2.75) is 0 Å². The number of fused-ring (bicyclic) bond motifs is 5. The number of benzene rings is 6. The maximum atomic E-state index is 6.85. The zero-order chi connectivity index (χ0) is 28.7. The van der Waals surface area contributed by atoms with E-state index >= 15 is 0 Å². The molecule has 6 aromatic carbocycles. The molecule has 9 heteroatoms. The summed E-state index contributed by atoms with van der Waals surface area (Å²) in [7, 11) is 15.7. The van der Waals surface area contributed by atoms with Crippen LogP contribution in [0, 0.1) is 0 Å². The minimum atomic E-state index is 1.01. The second kappa shape index (κ2) is 9.56. The molecule has 1 nitrogen and oxygen atoms in total.